The minimum atomic E-state index is -4.57. The van der Waals surface area contributed by atoms with Crippen LogP contribution in [0.4, 0.5) is 19.0 Å². The van der Waals surface area contributed by atoms with Gasteiger partial charge in [0.2, 0.25) is 0 Å². The van der Waals surface area contributed by atoms with Gasteiger partial charge in [-0.2, -0.15) is 13.2 Å². The molecular formula is C11H8ClF3N2O2. The average Bonchev–Trinajstić information content (AvgIpc) is 2.64. The summed E-state index contributed by atoms with van der Waals surface area (Å²) in [6, 6.07) is 1.57. The normalized spacial score (nSPS) is 11.8. The number of H-pyrrole nitrogens is 1. The van der Waals surface area contributed by atoms with Crippen LogP contribution in [0.15, 0.2) is 12.1 Å². The molecule has 0 aliphatic heterocycles. The molecule has 3 N–H and O–H groups in total. The molecule has 0 aliphatic carbocycles. The van der Waals surface area contributed by atoms with Crippen LogP contribution in [0.1, 0.15) is 15.9 Å². The van der Waals surface area contributed by atoms with Gasteiger partial charge in [-0.3, -0.25) is 0 Å². The van der Waals surface area contributed by atoms with Gasteiger partial charge in [0.1, 0.15) is 11.4 Å². The molecule has 1 aromatic heterocycles. The molecule has 0 fully saturated rings. The van der Waals surface area contributed by atoms with Crippen LogP contribution < -0.4 is 5.73 Å². The van der Waals surface area contributed by atoms with Crippen molar-refractivity contribution in [2.75, 3.05) is 12.8 Å². The van der Waals surface area contributed by atoms with E-state index in [0.29, 0.717) is 0 Å². The smallest absolute Gasteiger partial charge is 0.416 e. The van der Waals surface area contributed by atoms with E-state index in [4.69, 9.17) is 17.3 Å². The third kappa shape index (κ3) is 2.21. The molecule has 1 aromatic carbocycles. The Bertz CT molecular complexity index is 664. The molecule has 2 aromatic rings. The Morgan fingerprint density at radius 2 is 2.05 bits per heavy atom. The maximum Gasteiger partial charge on any atom is 0.416 e. The fourth-order valence-electron chi connectivity index (χ4n) is 1.76. The third-order valence-corrected chi connectivity index (χ3v) is 2.90. The van der Waals surface area contributed by atoms with E-state index in [0.717, 1.165) is 19.2 Å². The molecule has 0 saturated heterocycles. The van der Waals surface area contributed by atoms with Gasteiger partial charge < -0.3 is 15.5 Å². The van der Waals surface area contributed by atoms with E-state index < -0.39 is 17.7 Å². The molecule has 0 radical (unpaired) electrons. The van der Waals surface area contributed by atoms with Gasteiger partial charge in [0.25, 0.3) is 0 Å². The maximum absolute atomic E-state index is 12.7. The van der Waals surface area contributed by atoms with Gasteiger partial charge in [-0.25, -0.2) is 4.79 Å². The second kappa shape index (κ2) is 4.34. The van der Waals surface area contributed by atoms with Crippen molar-refractivity contribution in [3.63, 3.8) is 0 Å². The summed E-state index contributed by atoms with van der Waals surface area (Å²) in [6.07, 6.45) is -4.57. The first-order valence-corrected chi connectivity index (χ1v) is 5.39. The monoisotopic (exact) mass is 292 g/mol. The highest BCUT2D eigenvalue weighted by atomic mass is 35.5. The van der Waals surface area contributed by atoms with Crippen LogP contribution >= 0.6 is 11.6 Å². The number of aromatic nitrogens is 1. The van der Waals surface area contributed by atoms with Crippen molar-refractivity contribution < 1.29 is 22.7 Å². The number of esters is 1. The van der Waals surface area contributed by atoms with Gasteiger partial charge in [-0.05, 0) is 12.1 Å². The van der Waals surface area contributed by atoms with Crippen molar-refractivity contribution in [3.8, 4) is 0 Å². The molecule has 0 atom stereocenters. The SMILES string of the molecule is COC(=O)c1c(N)[nH]c2c(Cl)cc(C(F)(F)F)cc12. The van der Waals surface area contributed by atoms with Crippen LogP contribution in [0.5, 0.6) is 0 Å². The number of benzene rings is 1. The molecule has 0 amide bonds. The lowest BCUT2D eigenvalue weighted by Crippen LogP contribution is -2.06. The summed E-state index contributed by atoms with van der Waals surface area (Å²) in [5.41, 5.74) is 4.60. The van der Waals surface area contributed by atoms with Crippen LogP contribution in [0, 0.1) is 0 Å². The Morgan fingerprint density at radius 1 is 1.42 bits per heavy atom. The summed E-state index contributed by atoms with van der Waals surface area (Å²) in [5.74, 6) is -0.929. The van der Waals surface area contributed by atoms with Gasteiger partial charge in [-0.15, -0.1) is 0 Å². The Labute approximate surface area is 110 Å². The summed E-state index contributed by atoms with van der Waals surface area (Å²) >= 11 is 5.76. The Morgan fingerprint density at radius 3 is 2.58 bits per heavy atom. The molecule has 0 bridgehead atoms. The second-order valence-corrected chi connectivity index (χ2v) is 4.19. The Balaban J connectivity index is 2.81. The molecule has 2 rings (SSSR count). The topological polar surface area (TPSA) is 68.1 Å². The molecule has 4 nitrogen and oxygen atoms in total. The number of ether oxygens (including phenoxy) is 1. The largest absolute Gasteiger partial charge is 0.465 e. The average molecular weight is 293 g/mol. The molecule has 102 valence electrons. The van der Waals surface area contributed by atoms with E-state index in [9.17, 15) is 18.0 Å². The van der Waals surface area contributed by atoms with Gasteiger partial charge in [0.15, 0.2) is 0 Å². The lowest BCUT2D eigenvalue weighted by atomic mass is 10.1. The van der Waals surface area contributed by atoms with Crippen LogP contribution in [0.2, 0.25) is 5.02 Å². The van der Waals surface area contributed by atoms with Crippen LogP contribution in [0.3, 0.4) is 0 Å². The number of halogens is 4. The van der Waals surface area contributed by atoms with E-state index in [-0.39, 0.29) is 27.3 Å². The van der Waals surface area contributed by atoms with E-state index in [2.05, 4.69) is 9.72 Å². The molecule has 1 heterocycles. The molecule has 0 aliphatic rings. The highest BCUT2D eigenvalue weighted by Crippen LogP contribution is 2.37. The number of anilines is 1. The van der Waals surface area contributed by atoms with Crippen molar-refractivity contribution in [1.82, 2.24) is 4.98 Å². The number of nitrogens with one attached hydrogen (secondary N) is 1. The number of carbonyl (C=O) groups excluding carboxylic acids is 1. The number of hydrogen-bond donors (Lipinski definition) is 2. The number of rotatable bonds is 1. The first-order chi connectivity index (χ1) is 8.75. The zero-order valence-corrected chi connectivity index (χ0v) is 10.3. The molecular weight excluding hydrogens is 285 g/mol. The van der Waals surface area contributed by atoms with E-state index in [1.54, 1.807) is 0 Å². The highest BCUT2D eigenvalue weighted by molar-refractivity contribution is 6.36. The first kappa shape index (κ1) is 13.5. The number of methoxy groups -OCH3 is 1. The number of fused-ring (bicyclic) bond motifs is 1. The minimum absolute atomic E-state index is 0.0239. The molecule has 19 heavy (non-hydrogen) atoms. The van der Waals surface area contributed by atoms with E-state index in [1.165, 1.54) is 0 Å². The summed E-state index contributed by atoms with van der Waals surface area (Å²) in [6.45, 7) is 0. The highest BCUT2D eigenvalue weighted by Gasteiger charge is 2.32. The fourth-order valence-corrected chi connectivity index (χ4v) is 2.03. The predicted octanol–water partition coefficient (Wildman–Crippen LogP) is 3.21. The maximum atomic E-state index is 12.7. The minimum Gasteiger partial charge on any atom is -0.465 e. The zero-order chi connectivity index (χ0) is 14.4. The van der Waals surface area contributed by atoms with Gasteiger partial charge in [0, 0.05) is 5.39 Å². The van der Waals surface area contributed by atoms with Gasteiger partial charge in [-0.1, -0.05) is 11.6 Å². The molecule has 0 saturated carbocycles. The molecule has 0 spiro atoms. The van der Waals surface area contributed by atoms with Gasteiger partial charge >= 0.3 is 12.1 Å². The number of nitrogens with two attached hydrogens (primary N) is 1. The Hall–Kier alpha value is -1.89. The Kier molecular flexibility index (Phi) is 3.09. The number of alkyl halides is 3. The number of hydrogen-bond acceptors (Lipinski definition) is 3. The van der Waals surface area contributed by atoms with Crippen molar-refractivity contribution in [1.29, 1.82) is 0 Å². The fraction of sp³-hybridized carbons (Fsp3) is 0.182. The van der Waals surface area contributed by atoms with E-state index in [1.807, 2.05) is 0 Å². The van der Waals surface area contributed by atoms with E-state index >= 15 is 0 Å². The molecule has 8 heteroatoms. The van der Waals surface area contributed by atoms with Gasteiger partial charge in [0.05, 0.1) is 23.2 Å². The summed E-state index contributed by atoms with van der Waals surface area (Å²) in [5, 5.41) is -0.198. The predicted molar refractivity (Wildman–Crippen MR) is 64.1 cm³/mol. The number of nitrogen functional groups attached to an aromatic ring is 1. The number of carbonyl (C=O) groups is 1. The van der Waals surface area contributed by atoms with Crippen LogP contribution in [0.25, 0.3) is 10.9 Å². The summed E-state index contributed by atoms with van der Waals surface area (Å²) in [7, 11) is 1.11. The van der Waals surface area contributed by atoms with Crippen molar-refractivity contribution in [3.05, 3.63) is 28.3 Å². The first-order valence-electron chi connectivity index (χ1n) is 5.02. The quantitative estimate of drug-likeness (QED) is 0.793. The lowest BCUT2D eigenvalue weighted by Gasteiger charge is -2.08. The van der Waals surface area contributed by atoms with Crippen molar-refractivity contribution in [2.24, 2.45) is 0 Å². The number of aromatic amines is 1. The van der Waals surface area contributed by atoms with Crippen molar-refractivity contribution in [2.45, 2.75) is 6.18 Å². The lowest BCUT2D eigenvalue weighted by molar-refractivity contribution is -0.137. The molecule has 0 unspecified atom stereocenters. The third-order valence-electron chi connectivity index (χ3n) is 2.61. The zero-order valence-electron chi connectivity index (χ0n) is 9.56. The van der Waals surface area contributed by atoms with Crippen LogP contribution in [-0.2, 0) is 10.9 Å². The summed E-state index contributed by atoms with van der Waals surface area (Å²) < 4.78 is 42.6. The van der Waals surface area contributed by atoms with Crippen LogP contribution in [-0.4, -0.2) is 18.1 Å². The summed E-state index contributed by atoms with van der Waals surface area (Å²) in [4.78, 5) is 14.1. The van der Waals surface area contributed by atoms with Crippen molar-refractivity contribution >= 4 is 34.3 Å². The second-order valence-electron chi connectivity index (χ2n) is 3.78. The standard InChI is InChI=1S/C11H8ClF3N2O2/c1-19-10(18)7-5-2-4(11(13,14)15)3-6(12)8(5)17-9(7)16/h2-3,17H,16H2,1H3.